The molecule has 1 saturated heterocycles. The van der Waals surface area contributed by atoms with Gasteiger partial charge in [0.1, 0.15) is 0 Å². The fraction of sp³-hybridized carbons (Fsp3) is 0.667. The molecule has 22 heavy (non-hydrogen) atoms. The standard InChI is InChI=1S/C18H28N2O2/c1-3-4-5-13-11-20-7-6-12-8-18(22-2)17(21)9-14(12)16(20)10-15(13)19/h8-9,13,15-16,21H,3-7,10-11,19H2,1-2H3. The highest BCUT2D eigenvalue weighted by Gasteiger charge is 2.37. The number of piperidine rings is 1. The normalized spacial score (nSPS) is 28.0. The predicted octanol–water partition coefficient (Wildman–Crippen LogP) is 2.84. The zero-order valence-corrected chi connectivity index (χ0v) is 13.7. The number of fused-ring (bicyclic) bond motifs is 3. The molecule has 4 nitrogen and oxygen atoms in total. The van der Waals surface area contributed by atoms with Gasteiger partial charge in [-0.2, -0.15) is 0 Å². The quantitative estimate of drug-likeness (QED) is 0.898. The summed E-state index contributed by atoms with van der Waals surface area (Å²) in [7, 11) is 1.60. The number of methoxy groups -OCH3 is 1. The van der Waals surface area contributed by atoms with Crippen LogP contribution in [0, 0.1) is 5.92 Å². The lowest BCUT2D eigenvalue weighted by Crippen LogP contribution is -2.50. The SMILES string of the molecule is CCCCC1CN2CCc3cc(OC)c(O)cc3C2CC1N. The Morgan fingerprint density at radius 2 is 2.23 bits per heavy atom. The number of hydrogen-bond donors (Lipinski definition) is 2. The van der Waals surface area contributed by atoms with Crippen molar-refractivity contribution >= 4 is 0 Å². The second-order valence-corrected chi connectivity index (χ2v) is 6.79. The molecule has 0 aliphatic carbocycles. The molecule has 1 fully saturated rings. The number of rotatable bonds is 4. The number of nitrogens with two attached hydrogens (primary N) is 1. The van der Waals surface area contributed by atoms with Crippen molar-refractivity contribution in [3.05, 3.63) is 23.3 Å². The van der Waals surface area contributed by atoms with E-state index in [2.05, 4.69) is 11.8 Å². The Morgan fingerprint density at radius 1 is 1.41 bits per heavy atom. The number of nitrogens with zero attached hydrogens (tertiary/aromatic N) is 1. The monoisotopic (exact) mass is 304 g/mol. The van der Waals surface area contributed by atoms with Gasteiger partial charge in [-0.25, -0.2) is 0 Å². The number of benzene rings is 1. The van der Waals surface area contributed by atoms with E-state index in [1.165, 1.54) is 30.4 Å². The van der Waals surface area contributed by atoms with Crippen molar-refractivity contribution in [2.75, 3.05) is 20.2 Å². The molecule has 3 atom stereocenters. The maximum atomic E-state index is 10.1. The van der Waals surface area contributed by atoms with Gasteiger partial charge in [-0.3, -0.25) is 4.90 Å². The summed E-state index contributed by atoms with van der Waals surface area (Å²) in [6, 6.07) is 4.51. The zero-order valence-electron chi connectivity index (χ0n) is 13.7. The van der Waals surface area contributed by atoms with Crippen molar-refractivity contribution in [1.82, 2.24) is 4.90 Å². The number of hydrogen-bond acceptors (Lipinski definition) is 4. The lowest BCUT2D eigenvalue weighted by atomic mass is 9.79. The highest BCUT2D eigenvalue weighted by molar-refractivity contribution is 5.48. The van der Waals surface area contributed by atoms with Crippen LogP contribution in [0.1, 0.15) is 49.8 Å². The first kappa shape index (κ1) is 15.6. The van der Waals surface area contributed by atoms with Crippen molar-refractivity contribution in [2.45, 2.75) is 51.1 Å². The lowest BCUT2D eigenvalue weighted by Gasteiger charge is -2.46. The number of aromatic hydroxyl groups is 1. The molecule has 0 bridgehead atoms. The number of phenols is 1. The van der Waals surface area contributed by atoms with Gasteiger partial charge < -0.3 is 15.6 Å². The fourth-order valence-electron chi connectivity index (χ4n) is 4.09. The maximum Gasteiger partial charge on any atom is 0.160 e. The summed E-state index contributed by atoms with van der Waals surface area (Å²) in [5.74, 6) is 1.43. The third-order valence-electron chi connectivity index (χ3n) is 5.41. The summed E-state index contributed by atoms with van der Waals surface area (Å²) in [4.78, 5) is 2.57. The number of unbranched alkanes of at least 4 members (excludes halogenated alkanes) is 1. The number of ether oxygens (including phenoxy) is 1. The Labute approximate surface area is 133 Å². The molecule has 3 N–H and O–H groups in total. The van der Waals surface area contributed by atoms with Crippen LogP contribution in [0.2, 0.25) is 0 Å². The number of phenolic OH excluding ortho intramolecular Hbond substituents is 1. The third kappa shape index (κ3) is 2.82. The maximum absolute atomic E-state index is 10.1. The van der Waals surface area contributed by atoms with Crippen molar-refractivity contribution in [1.29, 1.82) is 0 Å². The molecule has 0 amide bonds. The van der Waals surface area contributed by atoms with Crippen molar-refractivity contribution in [2.24, 2.45) is 11.7 Å². The van der Waals surface area contributed by atoms with Crippen LogP contribution in [0.5, 0.6) is 11.5 Å². The van der Waals surface area contributed by atoms with E-state index in [0.29, 0.717) is 17.7 Å². The van der Waals surface area contributed by atoms with Crippen molar-refractivity contribution < 1.29 is 9.84 Å². The summed E-state index contributed by atoms with van der Waals surface area (Å²) in [6.45, 7) is 4.42. The highest BCUT2D eigenvalue weighted by Crippen LogP contribution is 2.42. The summed E-state index contributed by atoms with van der Waals surface area (Å²) in [5, 5.41) is 10.1. The van der Waals surface area contributed by atoms with Gasteiger partial charge in [-0.15, -0.1) is 0 Å². The van der Waals surface area contributed by atoms with E-state index >= 15 is 0 Å². The molecule has 0 saturated carbocycles. The van der Waals surface area contributed by atoms with Gasteiger partial charge in [0.2, 0.25) is 0 Å². The molecule has 122 valence electrons. The zero-order chi connectivity index (χ0) is 15.7. The Bertz CT molecular complexity index is 532. The molecule has 2 aliphatic rings. The minimum absolute atomic E-state index is 0.241. The van der Waals surface area contributed by atoms with E-state index in [4.69, 9.17) is 10.5 Å². The van der Waals surface area contributed by atoms with Crippen LogP contribution in [0.3, 0.4) is 0 Å². The van der Waals surface area contributed by atoms with Crippen molar-refractivity contribution in [3.8, 4) is 11.5 Å². The Kier molecular flexibility index (Phi) is 4.59. The summed E-state index contributed by atoms with van der Waals surface area (Å²) in [6.07, 6.45) is 5.77. The van der Waals surface area contributed by atoms with Crippen LogP contribution >= 0.6 is 0 Å². The fourth-order valence-corrected chi connectivity index (χ4v) is 4.09. The molecule has 0 radical (unpaired) electrons. The van der Waals surface area contributed by atoms with Gasteiger partial charge in [0.15, 0.2) is 11.5 Å². The highest BCUT2D eigenvalue weighted by atomic mass is 16.5. The second kappa shape index (κ2) is 6.47. The minimum atomic E-state index is 0.241. The van der Waals surface area contributed by atoms with E-state index in [1.807, 2.05) is 12.1 Å². The lowest BCUT2D eigenvalue weighted by molar-refractivity contribution is 0.0783. The van der Waals surface area contributed by atoms with Crippen LogP contribution in [0.25, 0.3) is 0 Å². The van der Waals surface area contributed by atoms with Gasteiger partial charge in [-0.1, -0.05) is 19.8 Å². The first-order chi connectivity index (χ1) is 10.6. The van der Waals surface area contributed by atoms with Gasteiger partial charge in [-0.05, 0) is 48.4 Å². The Hall–Kier alpha value is -1.26. The molecule has 0 spiro atoms. The average Bonchev–Trinajstić information content (AvgIpc) is 2.52. The molecule has 3 unspecified atom stereocenters. The molecule has 1 aromatic rings. The second-order valence-electron chi connectivity index (χ2n) is 6.79. The molecule has 1 aromatic carbocycles. The smallest absolute Gasteiger partial charge is 0.160 e. The molecule has 3 rings (SSSR count). The van der Waals surface area contributed by atoms with Gasteiger partial charge in [0, 0.05) is 25.2 Å². The van der Waals surface area contributed by atoms with E-state index in [1.54, 1.807) is 7.11 Å². The van der Waals surface area contributed by atoms with Gasteiger partial charge in [0.05, 0.1) is 7.11 Å². The topological polar surface area (TPSA) is 58.7 Å². The molecular formula is C18H28N2O2. The summed E-state index contributed by atoms with van der Waals surface area (Å²) >= 11 is 0. The Balaban J connectivity index is 1.82. The predicted molar refractivity (Wildman–Crippen MR) is 88.3 cm³/mol. The first-order valence-electron chi connectivity index (χ1n) is 8.53. The van der Waals surface area contributed by atoms with E-state index in [-0.39, 0.29) is 11.8 Å². The molecular weight excluding hydrogens is 276 g/mol. The van der Waals surface area contributed by atoms with Crippen LogP contribution < -0.4 is 10.5 Å². The first-order valence-corrected chi connectivity index (χ1v) is 8.53. The molecule has 2 heterocycles. The van der Waals surface area contributed by atoms with E-state index in [9.17, 15) is 5.11 Å². The Morgan fingerprint density at radius 3 is 2.95 bits per heavy atom. The van der Waals surface area contributed by atoms with Crippen LogP contribution in [0.4, 0.5) is 0 Å². The van der Waals surface area contributed by atoms with Crippen LogP contribution in [-0.2, 0) is 6.42 Å². The van der Waals surface area contributed by atoms with Gasteiger partial charge >= 0.3 is 0 Å². The van der Waals surface area contributed by atoms with E-state index in [0.717, 1.165) is 25.9 Å². The summed E-state index contributed by atoms with van der Waals surface area (Å²) in [5.41, 5.74) is 9.01. The molecule has 4 heteroatoms. The van der Waals surface area contributed by atoms with Crippen LogP contribution in [-0.4, -0.2) is 36.2 Å². The largest absolute Gasteiger partial charge is 0.504 e. The summed E-state index contributed by atoms with van der Waals surface area (Å²) < 4.78 is 5.24. The molecule has 2 aliphatic heterocycles. The average molecular weight is 304 g/mol. The minimum Gasteiger partial charge on any atom is -0.504 e. The molecule has 0 aromatic heterocycles. The van der Waals surface area contributed by atoms with Crippen LogP contribution in [0.15, 0.2) is 12.1 Å². The van der Waals surface area contributed by atoms with E-state index < -0.39 is 0 Å². The third-order valence-corrected chi connectivity index (χ3v) is 5.41. The van der Waals surface area contributed by atoms with Gasteiger partial charge in [0.25, 0.3) is 0 Å². The van der Waals surface area contributed by atoms with Crippen molar-refractivity contribution in [3.63, 3.8) is 0 Å².